The average Bonchev–Trinajstić information content (AvgIpc) is 2.65. The number of anilines is 2. The van der Waals surface area contributed by atoms with Gasteiger partial charge in [-0.3, -0.25) is 9.59 Å². The molecule has 0 saturated carbocycles. The Hall–Kier alpha value is -3.54. The summed E-state index contributed by atoms with van der Waals surface area (Å²) in [5, 5.41) is 5.01. The Morgan fingerprint density at radius 2 is 1.32 bits per heavy atom. The maximum atomic E-state index is 12.0. The van der Waals surface area contributed by atoms with E-state index in [1.165, 1.54) is 12.4 Å². The van der Waals surface area contributed by atoms with Crippen LogP contribution in [0.3, 0.4) is 0 Å². The third-order valence-corrected chi connectivity index (χ3v) is 3.46. The highest BCUT2D eigenvalue weighted by molar-refractivity contribution is 6.43. The summed E-state index contributed by atoms with van der Waals surface area (Å²) in [5.74, 6) is -0.990. The zero-order valence-electron chi connectivity index (χ0n) is 13.6. The first-order valence-electron chi connectivity index (χ1n) is 7.68. The van der Waals surface area contributed by atoms with Crippen LogP contribution in [0.2, 0.25) is 0 Å². The van der Waals surface area contributed by atoms with Crippen molar-refractivity contribution in [1.29, 1.82) is 0 Å². The van der Waals surface area contributed by atoms with Crippen molar-refractivity contribution in [3.8, 4) is 11.4 Å². The lowest BCUT2D eigenvalue weighted by Gasteiger charge is -2.07. The molecule has 1 heterocycles. The van der Waals surface area contributed by atoms with E-state index >= 15 is 0 Å². The number of amides is 2. The summed E-state index contributed by atoms with van der Waals surface area (Å²) in [7, 11) is 0. The van der Waals surface area contributed by atoms with Gasteiger partial charge in [0.2, 0.25) is 0 Å². The fourth-order valence-corrected chi connectivity index (χ4v) is 2.14. The summed E-state index contributed by atoms with van der Waals surface area (Å²) >= 11 is 0. The van der Waals surface area contributed by atoms with Crippen molar-refractivity contribution >= 4 is 23.2 Å². The van der Waals surface area contributed by atoms with Gasteiger partial charge >= 0.3 is 11.8 Å². The van der Waals surface area contributed by atoms with Crippen LogP contribution >= 0.6 is 0 Å². The standard InChI is InChI=1S/C19H16N4O2/c1-13-7-9-15(10-8-13)22-18(24)19(25)23-16-11-20-17(21-12-16)14-5-3-2-4-6-14/h2-12H,1H3,(H,22,24)(H,23,25). The number of aryl methyl sites for hydroxylation is 1. The predicted octanol–water partition coefficient (Wildman–Crippen LogP) is 3.03. The van der Waals surface area contributed by atoms with Crippen molar-refractivity contribution in [2.75, 3.05) is 10.6 Å². The van der Waals surface area contributed by atoms with Crippen molar-refractivity contribution in [2.24, 2.45) is 0 Å². The van der Waals surface area contributed by atoms with E-state index in [1.54, 1.807) is 12.1 Å². The SMILES string of the molecule is Cc1ccc(NC(=O)C(=O)Nc2cnc(-c3ccccc3)nc2)cc1. The zero-order chi connectivity index (χ0) is 17.6. The third kappa shape index (κ3) is 4.26. The highest BCUT2D eigenvalue weighted by Gasteiger charge is 2.14. The smallest absolute Gasteiger partial charge is 0.314 e. The van der Waals surface area contributed by atoms with Crippen LogP contribution in [-0.2, 0) is 9.59 Å². The molecule has 0 unspecified atom stereocenters. The van der Waals surface area contributed by atoms with Gasteiger partial charge in [-0.15, -0.1) is 0 Å². The molecule has 0 saturated heterocycles. The quantitative estimate of drug-likeness (QED) is 0.722. The van der Waals surface area contributed by atoms with Crippen LogP contribution in [0.15, 0.2) is 67.0 Å². The molecule has 0 spiro atoms. The molecule has 6 heteroatoms. The summed E-state index contributed by atoms with van der Waals surface area (Å²) in [6.07, 6.45) is 2.93. The Balaban J connectivity index is 1.62. The van der Waals surface area contributed by atoms with Crippen LogP contribution < -0.4 is 10.6 Å². The lowest BCUT2D eigenvalue weighted by Crippen LogP contribution is -2.29. The van der Waals surface area contributed by atoms with Gasteiger partial charge in [0, 0.05) is 11.3 Å². The summed E-state index contributed by atoms with van der Waals surface area (Å²) < 4.78 is 0. The van der Waals surface area contributed by atoms with E-state index in [-0.39, 0.29) is 0 Å². The molecule has 0 radical (unpaired) electrons. The van der Waals surface area contributed by atoms with Crippen LogP contribution in [0.1, 0.15) is 5.56 Å². The molecule has 2 N–H and O–H groups in total. The van der Waals surface area contributed by atoms with Crippen molar-refractivity contribution in [1.82, 2.24) is 9.97 Å². The predicted molar refractivity (Wildman–Crippen MR) is 95.9 cm³/mol. The minimum atomic E-state index is -0.781. The third-order valence-electron chi connectivity index (χ3n) is 3.46. The number of benzene rings is 2. The van der Waals surface area contributed by atoms with Gasteiger partial charge in [0.25, 0.3) is 0 Å². The molecule has 3 rings (SSSR count). The molecule has 124 valence electrons. The second-order valence-electron chi connectivity index (χ2n) is 5.44. The van der Waals surface area contributed by atoms with Crippen LogP contribution in [-0.4, -0.2) is 21.8 Å². The van der Waals surface area contributed by atoms with Gasteiger partial charge in [-0.2, -0.15) is 0 Å². The normalized spacial score (nSPS) is 10.1. The molecular formula is C19H16N4O2. The second kappa shape index (κ2) is 7.35. The first-order valence-corrected chi connectivity index (χ1v) is 7.68. The lowest BCUT2D eigenvalue weighted by molar-refractivity contribution is -0.133. The first kappa shape index (κ1) is 16.3. The highest BCUT2D eigenvalue weighted by Crippen LogP contribution is 2.15. The summed E-state index contributed by atoms with van der Waals surface area (Å²) in [5.41, 5.74) is 2.85. The van der Waals surface area contributed by atoms with Crippen LogP contribution in [0, 0.1) is 6.92 Å². The van der Waals surface area contributed by atoms with E-state index in [4.69, 9.17) is 0 Å². The van der Waals surface area contributed by atoms with Gasteiger partial charge in [-0.25, -0.2) is 9.97 Å². The minimum absolute atomic E-state index is 0.351. The Morgan fingerprint density at radius 1 is 0.760 bits per heavy atom. The van der Waals surface area contributed by atoms with Gasteiger partial charge in [0.15, 0.2) is 5.82 Å². The number of nitrogens with one attached hydrogen (secondary N) is 2. The number of nitrogens with zero attached hydrogens (tertiary/aromatic N) is 2. The van der Waals surface area contributed by atoms with E-state index in [1.807, 2.05) is 49.4 Å². The van der Waals surface area contributed by atoms with E-state index in [9.17, 15) is 9.59 Å². The molecule has 0 bridgehead atoms. The van der Waals surface area contributed by atoms with Crippen molar-refractivity contribution in [2.45, 2.75) is 6.92 Å². The monoisotopic (exact) mass is 332 g/mol. The first-order chi connectivity index (χ1) is 12.1. The molecule has 2 amide bonds. The van der Waals surface area contributed by atoms with E-state index in [0.29, 0.717) is 17.2 Å². The number of aromatic nitrogens is 2. The molecule has 3 aromatic rings. The molecule has 0 fully saturated rings. The molecule has 0 aliphatic rings. The fraction of sp³-hybridized carbons (Fsp3) is 0.0526. The minimum Gasteiger partial charge on any atom is -0.318 e. The molecule has 2 aromatic carbocycles. The Labute approximate surface area is 145 Å². The highest BCUT2D eigenvalue weighted by atomic mass is 16.2. The average molecular weight is 332 g/mol. The maximum Gasteiger partial charge on any atom is 0.314 e. The maximum absolute atomic E-state index is 12.0. The number of hydrogen-bond acceptors (Lipinski definition) is 4. The van der Waals surface area contributed by atoms with Crippen LogP contribution in [0.4, 0.5) is 11.4 Å². The molecule has 1 aromatic heterocycles. The Kier molecular flexibility index (Phi) is 4.80. The molecule has 0 aliphatic carbocycles. The van der Waals surface area contributed by atoms with E-state index < -0.39 is 11.8 Å². The van der Waals surface area contributed by atoms with Gasteiger partial charge in [0.05, 0.1) is 18.1 Å². The Morgan fingerprint density at radius 3 is 1.92 bits per heavy atom. The second-order valence-corrected chi connectivity index (χ2v) is 5.44. The summed E-state index contributed by atoms with van der Waals surface area (Å²) in [6.45, 7) is 1.94. The van der Waals surface area contributed by atoms with E-state index in [0.717, 1.165) is 11.1 Å². The van der Waals surface area contributed by atoms with Gasteiger partial charge < -0.3 is 10.6 Å². The van der Waals surface area contributed by atoms with Crippen LogP contribution in [0.25, 0.3) is 11.4 Å². The molecular weight excluding hydrogens is 316 g/mol. The van der Waals surface area contributed by atoms with Crippen molar-refractivity contribution < 1.29 is 9.59 Å². The van der Waals surface area contributed by atoms with Gasteiger partial charge in [-0.1, -0.05) is 48.0 Å². The van der Waals surface area contributed by atoms with Gasteiger partial charge in [0.1, 0.15) is 0 Å². The lowest BCUT2D eigenvalue weighted by atomic mass is 10.2. The van der Waals surface area contributed by atoms with Crippen molar-refractivity contribution in [3.63, 3.8) is 0 Å². The zero-order valence-corrected chi connectivity index (χ0v) is 13.6. The van der Waals surface area contributed by atoms with Crippen LogP contribution in [0.5, 0.6) is 0 Å². The van der Waals surface area contributed by atoms with Crippen molar-refractivity contribution in [3.05, 3.63) is 72.6 Å². The van der Waals surface area contributed by atoms with E-state index in [2.05, 4.69) is 20.6 Å². The Bertz CT molecular complexity index is 876. The molecule has 0 aliphatic heterocycles. The van der Waals surface area contributed by atoms with Gasteiger partial charge in [-0.05, 0) is 19.1 Å². The number of rotatable bonds is 3. The molecule has 6 nitrogen and oxygen atoms in total. The molecule has 25 heavy (non-hydrogen) atoms. The topological polar surface area (TPSA) is 84.0 Å². The largest absolute Gasteiger partial charge is 0.318 e. The fourth-order valence-electron chi connectivity index (χ4n) is 2.14. The number of hydrogen-bond donors (Lipinski definition) is 2. The summed E-state index contributed by atoms with van der Waals surface area (Å²) in [6, 6.07) is 16.6. The molecule has 0 atom stereocenters. The number of carbonyl (C=O) groups is 2. The summed E-state index contributed by atoms with van der Waals surface area (Å²) in [4.78, 5) is 32.3. The number of carbonyl (C=O) groups excluding carboxylic acids is 2.